The third kappa shape index (κ3) is 3.19. The monoisotopic (exact) mass is 319 g/mol. The summed E-state index contributed by atoms with van der Waals surface area (Å²) in [4.78, 5) is 4.97. The molecule has 0 aliphatic rings. The summed E-state index contributed by atoms with van der Waals surface area (Å²) in [5, 5.41) is 1.21. The fourth-order valence-corrected chi connectivity index (χ4v) is 3.39. The van der Waals surface area contributed by atoms with Crippen LogP contribution in [0.2, 0.25) is 0 Å². The van der Waals surface area contributed by atoms with Gasteiger partial charge in [0.1, 0.15) is 6.20 Å². The van der Waals surface area contributed by atoms with Gasteiger partial charge in [0.05, 0.1) is 18.0 Å². The van der Waals surface area contributed by atoms with Crippen molar-refractivity contribution in [1.29, 1.82) is 0 Å². The number of rotatable bonds is 3. The summed E-state index contributed by atoms with van der Waals surface area (Å²) in [5.74, 6) is 1.70. The molecule has 0 aliphatic carbocycles. The molecule has 2 nitrogen and oxygen atoms in total. The fourth-order valence-electron chi connectivity index (χ4n) is 3.39. The molecule has 24 heavy (non-hydrogen) atoms. The molecule has 0 aliphatic heterocycles. The molecule has 0 fully saturated rings. The van der Waals surface area contributed by atoms with Gasteiger partial charge in [-0.3, -0.25) is 0 Å². The van der Waals surface area contributed by atoms with Crippen molar-refractivity contribution in [3.05, 3.63) is 58.8 Å². The molecule has 0 saturated carbocycles. The van der Waals surface area contributed by atoms with E-state index >= 15 is 0 Å². The summed E-state index contributed by atoms with van der Waals surface area (Å²) < 4.78 is 2.16. The van der Waals surface area contributed by atoms with Crippen molar-refractivity contribution in [3.63, 3.8) is 0 Å². The van der Waals surface area contributed by atoms with Crippen LogP contribution in [-0.2, 0) is 13.5 Å². The molecule has 0 saturated heterocycles. The molecule has 0 atom stereocenters. The Balaban J connectivity index is 2.15. The highest BCUT2D eigenvalue weighted by molar-refractivity contribution is 5.79. The van der Waals surface area contributed by atoms with Gasteiger partial charge in [0.15, 0.2) is 5.52 Å². The number of aryl methyl sites for hydroxylation is 3. The van der Waals surface area contributed by atoms with Crippen molar-refractivity contribution >= 4 is 10.9 Å². The average molecular weight is 319 g/mol. The molecule has 0 N–H and O–H groups in total. The quantitative estimate of drug-likeness (QED) is 0.631. The van der Waals surface area contributed by atoms with E-state index in [1.165, 1.54) is 33.2 Å². The number of hydrogen-bond acceptors (Lipinski definition) is 1. The second-order valence-electron chi connectivity index (χ2n) is 7.42. The lowest BCUT2D eigenvalue weighted by Gasteiger charge is -2.09. The first-order valence-electron chi connectivity index (χ1n) is 8.72. The van der Waals surface area contributed by atoms with Crippen LogP contribution in [0.3, 0.4) is 0 Å². The van der Waals surface area contributed by atoms with Gasteiger partial charge in [-0.25, -0.2) is 4.57 Å². The van der Waals surface area contributed by atoms with Gasteiger partial charge in [-0.2, -0.15) is 0 Å². The molecule has 0 spiro atoms. The van der Waals surface area contributed by atoms with Gasteiger partial charge < -0.3 is 0 Å². The normalized spacial score (nSPS) is 11.5. The minimum absolute atomic E-state index is 0.668. The zero-order valence-electron chi connectivity index (χ0n) is 15.6. The van der Waals surface area contributed by atoms with Gasteiger partial charge in [-0.15, -0.1) is 0 Å². The smallest absolute Gasteiger partial charge is 0.232 e. The third-order valence-electron chi connectivity index (χ3n) is 4.68. The Morgan fingerprint density at radius 2 is 1.79 bits per heavy atom. The van der Waals surface area contributed by atoms with Crippen LogP contribution in [0, 0.1) is 26.7 Å². The highest BCUT2D eigenvalue weighted by Gasteiger charge is 2.19. The molecule has 0 radical (unpaired) electrons. The predicted octanol–water partition coefficient (Wildman–Crippen LogP) is 4.85. The van der Waals surface area contributed by atoms with Crippen LogP contribution >= 0.6 is 0 Å². The lowest BCUT2D eigenvalue weighted by Crippen LogP contribution is -2.32. The van der Waals surface area contributed by atoms with E-state index in [0.29, 0.717) is 5.92 Å². The largest absolute Gasteiger partial charge is 0.331 e. The summed E-state index contributed by atoms with van der Waals surface area (Å²) in [5.41, 5.74) is 7.58. The van der Waals surface area contributed by atoms with Gasteiger partial charge in [-0.1, -0.05) is 26.0 Å². The molecule has 3 aromatic rings. The minimum atomic E-state index is 0.668. The highest BCUT2D eigenvalue weighted by Crippen LogP contribution is 2.25. The molecule has 0 unspecified atom stereocenters. The number of benzene rings is 2. The van der Waals surface area contributed by atoms with Crippen LogP contribution in [0.1, 0.15) is 36.1 Å². The third-order valence-corrected chi connectivity index (χ3v) is 4.68. The van der Waals surface area contributed by atoms with Crippen LogP contribution < -0.4 is 4.57 Å². The summed E-state index contributed by atoms with van der Waals surface area (Å²) in [6.45, 7) is 11.0. The number of nitrogens with zero attached hydrogens (tertiary/aromatic N) is 2. The van der Waals surface area contributed by atoms with Crippen molar-refractivity contribution in [1.82, 2.24) is 4.98 Å². The topological polar surface area (TPSA) is 16.8 Å². The molecular formula is C22H27N2+. The first-order valence-corrected chi connectivity index (χ1v) is 8.72. The van der Waals surface area contributed by atoms with E-state index in [-0.39, 0.29) is 0 Å². The summed E-state index contributed by atoms with van der Waals surface area (Å²) in [7, 11) is 2.09. The second kappa shape index (κ2) is 6.35. The van der Waals surface area contributed by atoms with Gasteiger partial charge in [0.2, 0.25) is 0 Å². The van der Waals surface area contributed by atoms with E-state index in [1.807, 2.05) is 0 Å². The lowest BCUT2D eigenvalue weighted by molar-refractivity contribution is -0.661. The maximum absolute atomic E-state index is 4.97. The number of fused-ring (bicyclic) bond motifs is 1. The van der Waals surface area contributed by atoms with E-state index in [2.05, 4.69) is 82.8 Å². The zero-order valence-corrected chi connectivity index (χ0v) is 15.6. The minimum Gasteiger partial charge on any atom is -0.232 e. The van der Waals surface area contributed by atoms with Crippen molar-refractivity contribution in [2.45, 2.75) is 41.0 Å². The standard InChI is InChI=1S/C22H27N2/c1-14(2)9-18-7-8-21-19(12-18)13-24(6)22(23-21)20-11-15(3)10-16(4)17(20)5/h7-8,10-14H,9H2,1-6H3/q+1. The molecular weight excluding hydrogens is 292 g/mol. The number of aromatic nitrogens is 2. The van der Waals surface area contributed by atoms with E-state index in [9.17, 15) is 0 Å². The van der Waals surface area contributed by atoms with Gasteiger partial charge in [0, 0.05) is 0 Å². The van der Waals surface area contributed by atoms with Crippen LogP contribution in [0.25, 0.3) is 22.3 Å². The van der Waals surface area contributed by atoms with Crippen LogP contribution in [-0.4, -0.2) is 4.98 Å². The van der Waals surface area contributed by atoms with Gasteiger partial charge in [-0.05, 0) is 78.5 Å². The predicted molar refractivity (Wildman–Crippen MR) is 101 cm³/mol. The first-order chi connectivity index (χ1) is 11.3. The SMILES string of the molecule is Cc1cc(C)c(C)c(-c2nc3ccc(CC(C)C)cc3c[n+]2C)c1. The molecule has 1 aromatic heterocycles. The fraction of sp³-hybridized carbons (Fsp3) is 0.364. The van der Waals surface area contributed by atoms with Crippen molar-refractivity contribution in [2.24, 2.45) is 13.0 Å². The maximum atomic E-state index is 4.97. The Bertz CT molecular complexity index is 907. The van der Waals surface area contributed by atoms with Gasteiger partial charge >= 0.3 is 5.82 Å². The first kappa shape index (κ1) is 16.6. The molecule has 0 bridgehead atoms. The highest BCUT2D eigenvalue weighted by atomic mass is 15.0. The Morgan fingerprint density at radius 1 is 1.04 bits per heavy atom. The Morgan fingerprint density at radius 3 is 2.50 bits per heavy atom. The van der Waals surface area contributed by atoms with Crippen molar-refractivity contribution < 1.29 is 4.57 Å². The number of hydrogen-bond donors (Lipinski definition) is 0. The summed E-state index contributed by atoms with van der Waals surface area (Å²) in [6, 6.07) is 11.1. The van der Waals surface area contributed by atoms with Crippen molar-refractivity contribution in [3.8, 4) is 11.4 Å². The molecule has 2 heteroatoms. The Kier molecular flexibility index (Phi) is 4.40. The maximum Gasteiger partial charge on any atom is 0.331 e. The Labute approximate surface area is 145 Å². The summed E-state index contributed by atoms with van der Waals surface area (Å²) in [6.07, 6.45) is 3.32. The van der Waals surface area contributed by atoms with E-state index < -0.39 is 0 Å². The lowest BCUT2D eigenvalue weighted by atomic mass is 9.99. The summed E-state index contributed by atoms with van der Waals surface area (Å²) >= 11 is 0. The molecule has 1 heterocycles. The molecule has 124 valence electrons. The van der Waals surface area contributed by atoms with Crippen LogP contribution in [0.15, 0.2) is 36.5 Å². The molecule has 2 aromatic carbocycles. The average Bonchev–Trinajstić information content (AvgIpc) is 2.49. The molecule has 0 amide bonds. The van der Waals surface area contributed by atoms with E-state index in [0.717, 1.165) is 17.8 Å². The Hall–Kier alpha value is -2.22. The molecule has 3 rings (SSSR count). The van der Waals surface area contributed by atoms with E-state index in [1.54, 1.807) is 0 Å². The van der Waals surface area contributed by atoms with Crippen LogP contribution in [0.4, 0.5) is 0 Å². The van der Waals surface area contributed by atoms with Gasteiger partial charge in [0.25, 0.3) is 0 Å². The van der Waals surface area contributed by atoms with Crippen molar-refractivity contribution in [2.75, 3.05) is 0 Å². The van der Waals surface area contributed by atoms with Crippen LogP contribution in [0.5, 0.6) is 0 Å². The zero-order chi connectivity index (χ0) is 17.4. The van der Waals surface area contributed by atoms with E-state index in [4.69, 9.17) is 4.98 Å². The second-order valence-corrected chi connectivity index (χ2v) is 7.42.